The average Bonchev–Trinajstić information content (AvgIpc) is 2.63. The van der Waals surface area contributed by atoms with E-state index in [0.717, 1.165) is 17.8 Å². The lowest BCUT2D eigenvalue weighted by molar-refractivity contribution is 0.734. The number of nitrogens with zero attached hydrogens (tertiary/aromatic N) is 3. The van der Waals surface area contributed by atoms with Gasteiger partial charge in [0.1, 0.15) is 11.4 Å². The number of hydrogen-bond acceptors (Lipinski definition) is 2. The zero-order chi connectivity index (χ0) is 9.26. The van der Waals surface area contributed by atoms with Crippen LogP contribution in [0, 0.1) is 0 Å². The van der Waals surface area contributed by atoms with E-state index in [1.54, 1.807) is 0 Å². The maximum atomic E-state index is 4.03. The maximum absolute atomic E-state index is 4.03. The van der Waals surface area contributed by atoms with Crippen molar-refractivity contribution in [2.45, 2.75) is 26.2 Å². The van der Waals surface area contributed by atoms with Crippen molar-refractivity contribution in [2.75, 3.05) is 0 Å². The highest BCUT2D eigenvalue weighted by Gasteiger charge is 2.16. The van der Waals surface area contributed by atoms with Gasteiger partial charge in [0.2, 0.25) is 0 Å². The van der Waals surface area contributed by atoms with Gasteiger partial charge < -0.3 is 0 Å². The van der Waals surface area contributed by atoms with Gasteiger partial charge in [-0.1, -0.05) is 26.0 Å². The molecule has 0 saturated heterocycles. The summed E-state index contributed by atoms with van der Waals surface area (Å²) in [5, 5.41) is 7.71. The smallest absolute Gasteiger partial charge is 0.119 e. The van der Waals surface area contributed by atoms with Crippen molar-refractivity contribution in [1.29, 1.82) is 0 Å². The third kappa shape index (κ3) is 1.30. The second-order valence-electron chi connectivity index (χ2n) is 3.31. The van der Waals surface area contributed by atoms with E-state index in [4.69, 9.17) is 0 Å². The molecule has 1 unspecified atom stereocenters. The van der Waals surface area contributed by atoms with Crippen LogP contribution in [-0.4, -0.2) is 0 Å². The summed E-state index contributed by atoms with van der Waals surface area (Å²) in [4.78, 5) is 0. The third-order valence-electron chi connectivity index (χ3n) is 2.49. The molecule has 1 aliphatic heterocycles. The minimum atomic E-state index is 0.530. The lowest BCUT2D eigenvalue weighted by atomic mass is 9.96. The molecule has 13 heavy (non-hydrogen) atoms. The Bertz CT molecular complexity index is 344. The summed E-state index contributed by atoms with van der Waals surface area (Å²) < 4.78 is 0. The van der Waals surface area contributed by atoms with E-state index < -0.39 is 0 Å². The van der Waals surface area contributed by atoms with Crippen molar-refractivity contribution in [1.82, 2.24) is 5.43 Å². The molecule has 0 saturated carbocycles. The van der Waals surface area contributed by atoms with Crippen molar-refractivity contribution in [3.8, 4) is 0 Å². The van der Waals surface area contributed by atoms with Gasteiger partial charge >= 0.3 is 0 Å². The molecule has 67 valence electrons. The Morgan fingerprint density at radius 2 is 2.23 bits per heavy atom. The van der Waals surface area contributed by atoms with E-state index in [-0.39, 0.29) is 0 Å². The lowest BCUT2D eigenvalue weighted by Gasteiger charge is -2.10. The Kier molecular flexibility index (Phi) is 2.00. The van der Waals surface area contributed by atoms with Crippen molar-refractivity contribution in [2.24, 2.45) is 10.3 Å². The van der Waals surface area contributed by atoms with Crippen molar-refractivity contribution in [3.05, 3.63) is 23.8 Å². The van der Waals surface area contributed by atoms with Crippen LogP contribution in [-0.2, 0) is 0 Å². The first-order valence-electron chi connectivity index (χ1n) is 4.57. The average molecular weight is 174 g/mol. The summed E-state index contributed by atoms with van der Waals surface area (Å²) in [5.41, 5.74) is 7.05. The molecule has 0 fully saturated rings. The molecule has 1 aromatic carbocycles. The Balaban J connectivity index is 2.46. The first-order chi connectivity index (χ1) is 6.33. The molecule has 0 N–H and O–H groups in total. The van der Waals surface area contributed by atoms with Crippen LogP contribution in [0.3, 0.4) is 0 Å². The van der Waals surface area contributed by atoms with Crippen LogP contribution in [0.5, 0.6) is 0 Å². The monoisotopic (exact) mass is 174 g/mol. The van der Waals surface area contributed by atoms with Gasteiger partial charge in [-0.05, 0) is 29.2 Å². The molecule has 2 rings (SSSR count). The van der Waals surface area contributed by atoms with E-state index in [0.29, 0.717) is 5.92 Å². The van der Waals surface area contributed by atoms with Gasteiger partial charge in [0.15, 0.2) is 0 Å². The quantitative estimate of drug-likeness (QED) is 0.658. The predicted octanol–water partition coefficient (Wildman–Crippen LogP) is 3.45. The van der Waals surface area contributed by atoms with Gasteiger partial charge in [-0.25, -0.2) is 0 Å². The van der Waals surface area contributed by atoms with E-state index in [9.17, 15) is 0 Å². The molecule has 1 radical (unpaired) electrons. The Labute approximate surface area is 77.9 Å². The van der Waals surface area contributed by atoms with Crippen LogP contribution in [0.25, 0.3) is 0 Å². The molecule has 0 amide bonds. The summed E-state index contributed by atoms with van der Waals surface area (Å²) in [6.07, 6.45) is 1.12. The van der Waals surface area contributed by atoms with Gasteiger partial charge in [-0.3, -0.25) is 0 Å². The second kappa shape index (κ2) is 3.17. The molecular weight excluding hydrogens is 162 g/mol. The van der Waals surface area contributed by atoms with Crippen molar-refractivity contribution in [3.63, 3.8) is 0 Å². The number of fused-ring (bicyclic) bond motifs is 1. The first-order valence-corrected chi connectivity index (χ1v) is 4.57. The summed E-state index contributed by atoms with van der Waals surface area (Å²) in [7, 11) is 0. The lowest BCUT2D eigenvalue weighted by Crippen LogP contribution is -1.91. The topological polar surface area (TPSA) is 38.8 Å². The molecule has 3 heteroatoms. The fourth-order valence-corrected chi connectivity index (χ4v) is 1.47. The standard InChI is InChI=1S/C10H12N3/c1-3-7(2)8-5-4-6-9-10(8)12-13-11-9/h4-7H,3H2,1-2H3. The number of rotatable bonds is 2. The van der Waals surface area contributed by atoms with Crippen LogP contribution in [0.1, 0.15) is 31.7 Å². The highest BCUT2D eigenvalue weighted by molar-refractivity contribution is 5.67. The van der Waals surface area contributed by atoms with Gasteiger partial charge in [0.25, 0.3) is 0 Å². The molecule has 0 bridgehead atoms. The fourth-order valence-electron chi connectivity index (χ4n) is 1.47. The number of hydrogen-bond donors (Lipinski definition) is 0. The minimum Gasteiger partial charge on any atom is -0.128 e. The van der Waals surface area contributed by atoms with E-state index in [1.165, 1.54) is 5.56 Å². The van der Waals surface area contributed by atoms with E-state index in [2.05, 4.69) is 35.7 Å². The van der Waals surface area contributed by atoms with Crippen LogP contribution in [0.2, 0.25) is 0 Å². The summed E-state index contributed by atoms with van der Waals surface area (Å²) in [6.45, 7) is 4.37. The van der Waals surface area contributed by atoms with Crippen molar-refractivity contribution >= 4 is 11.4 Å². The molecule has 0 aromatic heterocycles. The summed E-state index contributed by atoms with van der Waals surface area (Å²) in [5.74, 6) is 0.530. The van der Waals surface area contributed by atoms with Gasteiger partial charge in [0, 0.05) is 0 Å². The maximum Gasteiger partial charge on any atom is 0.119 e. The fraction of sp³-hybridized carbons (Fsp3) is 0.400. The predicted molar refractivity (Wildman–Crippen MR) is 51.5 cm³/mol. The molecule has 0 spiro atoms. The molecule has 1 aromatic rings. The van der Waals surface area contributed by atoms with Crippen LogP contribution >= 0.6 is 0 Å². The molecule has 1 aliphatic rings. The zero-order valence-electron chi connectivity index (χ0n) is 7.86. The van der Waals surface area contributed by atoms with Crippen LogP contribution in [0.4, 0.5) is 11.4 Å². The minimum absolute atomic E-state index is 0.530. The second-order valence-corrected chi connectivity index (χ2v) is 3.31. The summed E-state index contributed by atoms with van der Waals surface area (Å²) >= 11 is 0. The molecule has 0 aliphatic carbocycles. The molecule has 1 atom stereocenters. The van der Waals surface area contributed by atoms with Gasteiger partial charge in [-0.2, -0.15) is 0 Å². The molecule has 1 heterocycles. The van der Waals surface area contributed by atoms with Gasteiger partial charge in [-0.15, -0.1) is 10.5 Å². The molecular formula is C10H12N3. The van der Waals surface area contributed by atoms with Gasteiger partial charge in [0.05, 0.1) is 0 Å². The summed E-state index contributed by atoms with van der Waals surface area (Å²) in [6, 6.07) is 6.06. The SMILES string of the molecule is CCC(C)c1cccc2c1N=N[N]2. The molecule has 3 nitrogen and oxygen atoms in total. The van der Waals surface area contributed by atoms with Crippen LogP contribution < -0.4 is 5.43 Å². The highest BCUT2D eigenvalue weighted by Crippen LogP contribution is 2.38. The van der Waals surface area contributed by atoms with Crippen molar-refractivity contribution < 1.29 is 0 Å². The number of benzene rings is 1. The Hall–Kier alpha value is -1.38. The highest BCUT2D eigenvalue weighted by atomic mass is 15.5. The Morgan fingerprint density at radius 3 is 3.00 bits per heavy atom. The largest absolute Gasteiger partial charge is 0.128 e. The third-order valence-corrected chi connectivity index (χ3v) is 2.49. The zero-order valence-corrected chi connectivity index (χ0v) is 7.86. The normalized spacial score (nSPS) is 15.2. The van der Waals surface area contributed by atoms with Crippen LogP contribution in [0.15, 0.2) is 28.5 Å². The first kappa shape index (κ1) is 8.23. The van der Waals surface area contributed by atoms with E-state index >= 15 is 0 Å². The Morgan fingerprint density at radius 1 is 1.38 bits per heavy atom. The van der Waals surface area contributed by atoms with E-state index in [1.807, 2.05) is 12.1 Å².